The summed E-state index contributed by atoms with van der Waals surface area (Å²) in [6, 6.07) is 0.668. The monoisotopic (exact) mass is 252 g/mol. The summed E-state index contributed by atoms with van der Waals surface area (Å²) < 4.78 is 8.17. The van der Waals surface area contributed by atoms with Crippen molar-refractivity contribution in [3.05, 3.63) is 18.0 Å². The van der Waals surface area contributed by atoms with Crippen LogP contribution in [-0.2, 0) is 4.74 Å². The molecule has 2 aliphatic rings. The van der Waals surface area contributed by atoms with Crippen LogP contribution in [0.1, 0.15) is 50.3 Å². The van der Waals surface area contributed by atoms with Gasteiger partial charge >= 0.3 is 0 Å². The minimum atomic E-state index is 0.253. The SMILES string of the molecule is CSC1CC(C)OC(c2cnn(C3CC3)c2)C1. The minimum absolute atomic E-state index is 0.253. The summed E-state index contributed by atoms with van der Waals surface area (Å²) in [7, 11) is 0. The zero-order valence-corrected chi connectivity index (χ0v) is 11.3. The maximum absolute atomic E-state index is 6.05. The van der Waals surface area contributed by atoms with E-state index >= 15 is 0 Å². The molecule has 3 rings (SSSR count). The van der Waals surface area contributed by atoms with Crippen molar-refractivity contribution in [1.82, 2.24) is 9.78 Å². The highest BCUT2D eigenvalue weighted by molar-refractivity contribution is 7.99. The summed E-state index contributed by atoms with van der Waals surface area (Å²) in [5.74, 6) is 0. The van der Waals surface area contributed by atoms with Crippen molar-refractivity contribution in [3.8, 4) is 0 Å². The number of hydrogen-bond donors (Lipinski definition) is 0. The van der Waals surface area contributed by atoms with E-state index in [0.717, 1.165) is 11.7 Å². The van der Waals surface area contributed by atoms with Crippen LogP contribution in [0, 0.1) is 0 Å². The standard InChI is InChI=1S/C13H20N2OS/c1-9-5-12(17-2)6-13(16-9)10-7-14-15(8-10)11-3-4-11/h7-9,11-13H,3-6H2,1-2H3. The molecule has 1 aromatic rings. The molecule has 0 radical (unpaired) electrons. The maximum atomic E-state index is 6.05. The van der Waals surface area contributed by atoms with Gasteiger partial charge in [0.25, 0.3) is 0 Å². The zero-order valence-electron chi connectivity index (χ0n) is 10.5. The van der Waals surface area contributed by atoms with E-state index in [1.165, 1.54) is 24.8 Å². The lowest BCUT2D eigenvalue weighted by molar-refractivity contribution is -0.0387. The summed E-state index contributed by atoms with van der Waals surface area (Å²) in [5.41, 5.74) is 1.27. The first kappa shape index (κ1) is 11.6. The summed E-state index contributed by atoms with van der Waals surface area (Å²) in [5, 5.41) is 5.19. The molecule has 3 unspecified atom stereocenters. The normalized spacial score (nSPS) is 33.9. The van der Waals surface area contributed by atoms with Crippen LogP contribution in [0.2, 0.25) is 0 Å². The molecule has 0 N–H and O–H groups in total. The minimum Gasteiger partial charge on any atom is -0.370 e. The molecule has 0 spiro atoms. The first-order valence-corrected chi connectivity index (χ1v) is 7.77. The van der Waals surface area contributed by atoms with Gasteiger partial charge < -0.3 is 4.74 Å². The van der Waals surface area contributed by atoms with Crippen LogP contribution in [0.25, 0.3) is 0 Å². The van der Waals surface area contributed by atoms with Crippen LogP contribution in [0.4, 0.5) is 0 Å². The Bertz CT molecular complexity index is 389. The Balaban J connectivity index is 1.72. The van der Waals surface area contributed by atoms with Crippen LogP contribution in [0.15, 0.2) is 12.4 Å². The molecule has 0 amide bonds. The Hall–Kier alpha value is -0.480. The Morgan fingerprint density at radius 1 is 1.41 bits per heavy atom. The lowest BCUT2D eigenvalue weighted by Crippen LogP contribution is -2.27. The van der Waals surface area contributed by atoms with Crippen molar-refractivity contribution < 1.29 is 4.74 Å². The molecule has 0 aromatic carbocycles. The molecule has 0 bridgehead atoms. The lowest BCUT2D eigenvalue weighted by atomic mass is 10.0. The molecule has 1 saturated heterocycles. The molecule has 94 valence electrons. The number of nitrogens with zero attached hydrogens (tertiary/aromatic N) is 2. The Labute approximate surface area is 107 Å². The third kappa shape index (κ3) is 2.52. The smallest absolute Gasteiger partial charge is 0.0869 e. The van der Waals surface area contributed by atoms with Crippen LogP contribution >= 0.6 is 11.8 Å². The van der Waals surface area contributed by atoms with Gasteiger partial charge in [0, 0.05) is 17.0 Å². The largest absolute Gasteiger partial charge is 0.370 e. The molecule has 1 aliphatic heterocycles. The fourth-order valence-electron chi connectivity index (χ4n) is 2.56. The van der Waals surface area contributed by atoms with Gasteiger partial charge in [0.05, 0.1) is 24.4 Å². The van der Waals surface area contributed by atoms with Crippen molar-refractivity contribution in [2.45, 2.75) is 56.1 Å². The van der Waals surface area contributed by atoms with Gasteiger partial charge in [-0.05, 0) is 38.9 Å². The van der Waals surface area contributed by atoms with Crippen molar-refractivity contribution in [1.29, 1.82) is 0 Å². The lowest BCUT2D eigenvalue weighted by Gasteiger charge is -2.32. The van der Waals surface area contributed by atoms with E-state index in [4.69, 9.17) is 4.74 Å². The first-order chi connectivity index (χ1) is 8.26. The summed E-state index contributed by atoms with van der Waals surface area (Å²) in [6.45, 7) is 2.18. The van der Waals surface area contributed by atoms with Crippen LogP contribution in [-0.4, -0.2) is 27.4 Å². The molecule has 17 heavy (non-hydrogen) atoms. The second-order valence-corrected chi connectivity index (χ2v) is 6.39. The van der Waals surface area contributed by atoms with Gasteiger partial charge in [-0.25, -0.2) is 0 Å². The van der Waals surface area contributed by atoms with Crippen molar-refractivity contribution >= 4 is 11.8 Å². The van der Waals surface area contributed by atoms with E-state index in [-0.39, 0.29) is 6.10 Å². The van der Waals surface area contributed by atoms with E-state index in [2.05, 4.69) is 29.2 Å². The molecule has 2 heterocycles. The highest BCUT2D eigenvalue weighted by Gasteiger charge is 2.30. The van der Waals surface area contributed by atoms with Crippen molar-refractivity contribution in [2.24, 2.45) is 0 Å². The summed E-state index contributed by atoms with van der Waals surface area (Å²) >= 11 is 1.97. The van der Waals surface area contributed by atoms with Gasteiger partial charge in [-0.2, -0.15) is 16.9 Å². The van der Waals surface area contributed by atoms with Crippen LogP contribution in [0.5, 0.6) is 0 Å². The average Bonchev–Trinajstić information content (AvgIpc) is 3.06. The molecular weight excluding hydrogens is 232 g/mol. The predicted octanol–water partition coefficient (Wildman–Crippen LogP) is 3.19. The molecule has 1 aromatic heterocycles. The fourth-order valence-corrected chi connectivity index (χ4v) is 3.39. The Morgan fingerprint density at radius 2 is 2.24 bits per heavy atom. The van der Waals surface area contributed by atoms with E-state index in [1.54, 1.807) is 0 Å². The Kier molecular flexibility index (Phi) is 3.17. The molecule has 3 atom stereocenters. The number of aromatic nitrogens is 2. The fraction of sp³-hybridized carbons (Fsp3) is 0.769. The summed E-state index contributed by atoms with van der Waals surface area (Å²) in [4.78, 5) is 0. The van der Waals surface area contributed by atoms with Crippen molar-refractivity contribution in [2.75, 3.05) is 6.26 Å². The van der Waals surface area contributed by atoms with E-state index in [1.807, 2.05) is 18.0 Å². The van der Waals surface area contributed by atoms with Crippen molar-refractivity contribution in [3.63, 3.8) is 0 Å². The number of rotatable bonds is 3. The van der Waals surface area contributed by atoms with Gasteiger partial charge in [-0.3, -0.25) is 4.68 Å². The second-order valence-electron chi connectivity index (χ2n) is 5.25. The van der Waals surface area contributed by atoms with Crippen LogP contribution in [0.3, 0.4) is 0 Å². The molecular formula is C13H20N2OS. The Morgan fingerprint density at radius 3 is 2.94 bits per heavy atom. The zero-order chi connectivity index (χ0) is 11.8. The topological polar surface area (TPSA) is 27.1 Å². The van der Waals surface area contributed by atoms with Gasteiger partial charge in [-0.15, -0.1) is 0 Å². The molecule has 2 fully saturated rings. The highest BCUT2D eigenvalue weighted by atomic mass is 32.2. The van der Waals surface area contributed by atoms with Gasteiger partial charge in [0.1, 0.15) is 0 Å². The van der Waals surface area contributed by atoms with Gasteiger partial charge in [0.2, 0.25) is 0 Å². The maximum Gasteiger partial charge on any atom is 0.0869 e. The van der Waals surface area contributed by atoms with E-state index in [9.17, 15) is 0 Å². The molecule has 3 nitrogen and oxygen atoms in total. The van der Waals surface area contributed by atoms with E-state index < -0.39 is 0 Å². The van der Waals surface area contributed by atoms with E-state index in [0.29, 0.717) is 12.1 Å². The third-order valence-electron chi connectivity index (χ3n) is 3.72. The third-order valence-corrected chi connectivity index (χ3v) is 4.77. The molecule has 4 heteroatoms. The number of hydrogen-bond acceptors (Lipinski definition) is 3. The second kappa shape index (κ2) is 4.65. The summed E-state index contributed by atoms with van der Waals surface area (Å²) in [6.07, 6.45) is 11.9. The highest BCUT2D eigenvalue weighted by Crippen LogP contribution is 2.38. The number of ether oxygens (including phenoxy) is 1. The molecule has 1 saturated carbocycles. The quantitative estimate of drug-likeness (QED) is 0.826. The van der Waals surface area contributed by atoms with Gasteiger partial charge in [0.15, 0.2) is 0 Å². The molecule has 1 aliphatic carbocycles. The average molecular weight is 252 g/mol. The van der Waals surface area contributed by atoms with Gasteiger partial charge in [-0.1, -0.05) is 0 Å². The predicted molar refractivity (Wildman–Crippen MR) is 70.3 cm³/mol. The van der Waals surface area contributed by atoms with Crippen LogP contribution < -0.4 is 0 Å². The number of thioether (sulfide) groups is 1. The first-order valence-electron chi connectivity index (χ1n) is 6.48.